The highest BCUT2D eigenvalue weighted by molar-refractivity contribution is 7.15. The van der Waals surface area contributed by atoms with Crippen molar-refractivity contribution in [1.82, 2.24) is 9.97 Å². The lowest BCUT2D eigenvalue weighted by Gasteiger charge is -2.14. The van der Waals surface area contributed by atoms with Gasteiger partial charge in [0.15, 0.2) is 17.4 Å². The molecule has 27 heavy (non-hydrogen) atoms. The molecule has 3 aromatic rings. The molecule has 140 valence electrons. The van der Waals surface area contributed by atoms with Gasteiger partial charge in [0.1, 0.15) is 5.82 Å². The molecular formula is C19H18FN3O3S. The molecule has 0 aliphatic carbocycles. The van der Waals surface area contributed by atoms with E-state index in [0.29, 0.717) is 28.6 Å². The fraction of sp³-hybridized carbons (Fsp3) is 0.211. The van der Waals surface area contributed by atoms with Gasteiger partial charge in [-0.25, -0.2) is 14.4 Å². The van der Waals surface area contributed by atoms with E-state index in [1.165, 1.54) is 19.2 Å². The van der Waals surface area contributed by atoms with E-state index in [9.17, 15) is 9.18 Å². The Kier molecular flexibility index (Phi) is 5.36. The van der Waals surface area contributed by atoms with Gasteiger partial charge in [-0.15, -0.1) is 11.3 Å². The van der Waals surface area contributed by atoms with Gasteiger partial charge in [0.05, 0.1) is 29.8 Å². The maximum Gasteiger partial charge on any atom is 0.307 e. The number of nitrogens with zero attached hydrogens (tertiary/aromatic N) is 2. The van der Waals surface area contributed by atoms with E-state index < -0.39 is 11.8 Å². The highest BCUT2D eigenvalue weighted by atomic mass is 32.1. The van der Waals surface area contributed by atoms with E-state index in [1.807, 2.05) is 19.1 Å². The Morgan fingerprint density at radius 1 is 1.26 bits per heavy atom. The van der Waals surface area contributed by atoms with Crippen molar-refractivity contribution in [2.45, 2.75) is 20.3 Å². The van der Waals surface area contributed by atoms with Crippen molar-refractivity contribution in [3.63, 3.8) is 0 Å². The first kappa shape index (κ1) is 18.8. The molecule has 3 rings (SSSR count). The minimum absolute atomic E-state index is 0.175. The topological polar surface area (TPSA) is 84.3 Å². The molecule has 1 aromatic carbocycles. The lowest BCUT2D eigenvalue weighted by atomic mass is 10.1. The number of hydrogen-bond donors (Lipinski definition) is 2. The minimum atomic E-state index is -1.01. The molecule has 0 amide bonds. The van der Waals surface area contributed by atoms with Crippen LogP contribution in [0.2, 0.25) is 0 Å². The molecule has 0 aliphatic heterocycles. The average Bonchev–Trinajstić information content (AvgIpc) is 3.03. The molecular weight excluding hydrogens is 369 g/mol. The maximum absolute atomic E-state index is 14.4. The van der Waals surface area contributed by atoms with Crippen LogP contribution in [0.25, 0.3) is 10.7 Å². The molecule has 2 heterocycles. The van der Waals surface area contributed by atoms with E-state index in [0.717, 1.165) is 9.75 Å². The van der Waals surface area contributed by atoms with Crippen molar-refractivity contribution >= 4 is 28.8 Å². The molecule has 0 unspecified atom stereocenters. The number of aryl methyl sites for hydroxylation is 2. The number of aromatic nitrogens is 2. The Hall–Kier alpha value is -3.00. The molecule has 0 fully saturated rings. The second-order valence-corrected chi connectivity index (χ2v) is 7.22. The molecule has 6 nitrogen and oxygen atoms in total. The van der Waals surface area contributed by atoms with Gasteiger partial charge in [-0.1, -0.05) is 6.07 Å². The molecule has 0 saturated carbocycles. The Morgan fingerprint density at radius 3 is 2.63 bits per heavy atom. The summed E-state index contributed by atoms with van der Waals surface area (Å²) < 4.78 is 19.8. The number of halogens is 1. The summed E-state index contributed by atoms with van der Waals surface area (Å²) in [5, 5.41) is 11.8. The Balaban J connectivity index is 1.98. The zero-order chi connectivity index (χ0) is 19.6. The van der Waals surface area contributed by atoms with Gasteiger partial charge < -0.3 is 15.2 Å². The highest BCUT2D eigenvalue weighted by Gasteiger charge is 2.16. The first-order valence-corrected chi connectivity index (χ1v) is 8.95. The van der Waals surface area contributed by atoms with Gasteiger partial charge >= 0.3 is 5.97 Å². The molecule has 2 aromatic heterocycles. The largest absolute Gasteiger partial charge is 0.491 e. The molecule has 0 aliphatic rings. The van der Waals surface area contributed by atoms with E-state index in [1.54, 1.807) is 24.3 Å². The molecule has 8 heteroatoms. The lowest BCUT2D eigenvalue weighted by molar-refractivity contribution is -0.136. The van der Waals surface area contributed by atoms with Crippen LogP contribution in [0.1, 0.15) is 16.1 Å². The van der Waals surface area contributed by atoms with Crippen molar-refractivity contribution in [2.24, 2.45) is 0 Å². The third-order valence-electron chi connectivity index (χ3n) is 3.84. The van der Waals surface area contributed by atoms with Crippen molar-refractivity contribution in [1.29, 1.82) is 0 Å². The van der Waals surface area contributed by atoms with Gasteiger partial charge in [-0.2, -0.15) is 0 Å². The third kappa shape index (κ3) is 4.22. The highest BCUT2D eigenvalue weighted by Crippen LogP contribution is 2.33. The first-order valence-electron chi connectivity index (χ1n) is 8.14. The summed E-state index contributed by atoms with van der Waals surface area (Å²) in [4.78, 5) is 21.8. The standard InChI is InChI=1S/C19H18FN3O3S/c1-10-4-7-15(27-10)18-21-11(2)17(26-3)19(23-18)22-14-6-5-12(8-13(14)20)9-16(24)25/h4-8H,9H2,1-3H3,(H,24,25)(H,21,22,23). The maximum atomic E-state index is 14.4. The second kappa shape index (κ2) is 7.71. The summed E-state index contributed by atoms with van der Waals surface area (Å²) in [6, 6.07) is 8.16. The summed E-state index contributed by atoms with van der Waals surface area (Å²) >= 11 is 1.57. The van der Waals surface area contributed by atoms with E-state index in [4.69, 9.17) is 9.84 Å². The summed E-state index contributed by atoms with van der Waals surface area (Å²) in [6.45, 7) is 3.79. The number of benzene rings is 1. The fourth-order valence-electron chi connectivity index (χ4n) is 2.63. The number of carboxylic acid groups (broad SMARTS) is 1. The first-order chi connectivity index (χ1) is 12.9. The van der Waals surface area contributed by atoms with Crippen LogP contribution in [-0.2, 0) is 11.2 Å². The quantitative estimate of drug-likeness (QED) is 0.655. The summed E-state index contributed by atoms with van der Waals surface area (Å²) in [6.07, 6.45) is -0.241. The zero-order valence-corrected chi connectivity index (χ0v) is 15.9. The molecule has 0 radical (unpaired) electrons. The number of rotatable bonds is 6. The SMILES string of the molecule is COc1c(C)nc(-c2ccc(C)s2)nc1Nc1ccc(CC(=O)O)cc1F. The van der Waals surface area contributed by atoms with Crippen LogP contribution in [0.3, 0.4) is 0 Å². The van der Waals surface area contributed by atoms with Crippen LogP contribution in [-0.4, -0.2) is 28.2 Å². The molecule has 0 saturated heterocycles. The third-order valence-corrected chi connectivity index (χ3v) is 4.84. The van der Waals surface area contributed by atoms with E-state index in [-0.39, 0.29) is 12.1 Å². The molecule has 0 atom stereocenters. The van der Waals surface area contributed by atoms with Gasteiger partial charge in [0, 0.05) is 4.88 Å². The molecule has 0 spiro atoms. The minimum Gasteiger partial charge on any atom is -0.491 e. The van der Waals surface area contributed by atoms with Gasteiger partial charge in [-0.3, -0.25) is 4.79 Å². The number of carboxylic acids is 1. The zero-order valence-electron chi connectivity index (χ0n) is 15.0. The smallest absolute Gasteiger partial charge is 0.307 e. The summed E-state index contributed by atoms with van der Waals surface area (Å²) in [5.74, 6) is -0.298. The van der Waals surface area contributed by atoms with Crippen LogP contribution in [0, 0.1) is 19.7 Å². The Labute approximate surface area is 159 Å². The summed E-state index contributed by atoms with van der Waals surface area (Å²) in [7, 11) is 1.50. The average molecular weight is 387 g/mol. The van der Waals surface area contributed by atoms with Gasteiger partial charge in [-0.05, 0) is 43.7 Å². The van der Waals surface area contributed by atoms with Crippen LogP contribution in [0.5, 0.6) is 5.75 Å². The van der Waals surface area contributed by atoms with Crippen molar-refractivity contribution in [2.75, 3.05) is 12.4 Å². The van der Waals surface area contributed by atoms with Gasteiger partial charge in [0.25, 0.3) is 0 Å². The van der Waals surface area contributed by atoms with Crippen LogP contribution < -0.4 is 10.1 Å². The predicted octanol–water partition coefficient (Wildman–Crippen LogP) is 4.34. The second-order valence-electron chi connectivity index (χ2n) is 5.93. The van der Waals surface area contributed by atoms with Crippen LogP contribution >= 0.6 is 11.3 Å². The Morgan fingerprint density at radius 2 is 2.04 bits per heavy atom. The predicted molar refractivity (Wildman–Crippen MR) is 102 cm³/mol. The Bertz CT molecular complexity index is 1000. The van der Waals surface area contributed by atoms with Crippen molar-refractivity contribution < 1.29 is 19.0 Å². The van der Waals surface area contributed by atoms with E-state index >= 15 is 0 Å². The van der Waals surface area contributed by atoms with Crippen molar-refractivity contribution in [3.8, 4) is 16.5 Å². The van der Waals surface area contributed by atoms with Crippen LogP contribution in [0.4, 0.5) is 15.9 Å². The van der Waals surface area contributed by atoms with E-state index in [2.05, 4.69) is 15.3 Å². The number of aliphatic carboxylic acids is 1. The number of carbonyl (C=O) groups is 1. The summed E-state index contributed by atoms with van der Waals surface area (Å²) in [5.41, 5.74) is 1.18. The molecule has 0 bridgehead atoms. The number of ether oxygens (including phenoxy) is 1. The van der Waals surface area contributed by atoms with Gasteiger partial charge in [0.2, 0.25) is 0 Å². The fourth-order valence-corrected chi connectivity index (χ4v) is 3.43. The van der Waals surface area contributed by atoms with Crippen molar-refractivity contribution in [3.05, 3.63) is 52.3 Å². The monoisotopic (exact) mass is 387 g/mol. The number of hydrogen-bond acceptors (Lipinski definition) is 6. The number of anilines is 2. The lowest BCUT2D eigenvalue weighted by Crippen LogP contribution is -2.05. The number of nitrogens with one attached hydrogen (secondary N) is 1. The number of thiophene rings is 1. The van der Waals surface area contributed by atoms with Crippen LogP contribution in [0.15, 0.2) is 30.3 Å². The normalized spacial score (nSPS) is 10.7. The number of methoxy groups -OCH3 is 1. The molecule has 2 N–H and O–H groups in total.